The zero-order valence-electron chi connectivity index (χ0n) is 12.9. The van der Waals surface area contributed by atoms with Crippen LogP contribution in [0.1, 0.15) is 36.6 Å². The van der Waals surface area contributed by atoms with Gasteiger partial charge in [0.2, 0.25) is 0 Å². The Hall–Kier alpha value is -1.61. The molecule has 2 heterocycles. The van der Waals surface area contributed by atoms with Crippen molar-refractivity contribution in [2.75, 3.05) is 18.1 Å². The first-order valence-corrected chi connectivity index (χ1v) is 9.73. The van der Waals surface area contributed by atoms with Gasteiger partial charge in [0.05, 0.1) is 36.9 Å². The highest BCUT2D eigenvalue weighted by atomic mass is 32.2. The third kappa shape index (κ3) is 3.66. The molecule has 1 fully saturated rings. The molecule has 1 aromatic heterocycles. The van der Waals surface area contributed by atoms with Crippen molar-refractivity contribution in [1.29, 1.82) is 0 Å². The van der Waals surface area contributed by atoms with Crippen LogP contribution >= 0.6 is 0 Å². The number of carbonyl (C=O) groups is 1. The Kier molecular flexibility index (Phi) is 4.58. The Morgan fingerprint density at radius 1 is 1.39 bits per heavy atom. The molecule has 3 N–H and O–H groups in total. The molecule has 1 saturated heterocycles. The predicted molar refractivity (Wildman–Crippen MR) is 83.7 cm³/mol. The molecule has 0 bridgehead atoms. The Balaban J connectivity index is 1.62. The van der Waals surface area contributed by atoms with Crippen LogP contribution in [-0.2, 0) is 22.8 Å². The van der Waals surface area contributed by atoms with Crippen molar-refractivity contribution < 1.29 is 18.3 Å². The summed E-state index contributed by atoms with van der Waals surface area (Å²) in [4.78, 5) is 12.1. The smallest absolute Gasteiger partial charge is 0.315 e. The average molecular weight is 342 g/mol. The predicted octanol–water partition coefficient (Wildman–Crippen LogP) is -0.261. The summed E-state index contributed by atoms with van der Waals surface area (Å²) in [5.74, 6) is 0.157. The summed E-state index contributed by atoms with van der Waals surface area (Å²) >= 11 is 0. The molecule has 0 radical (unpaired) electrons. The van der Waals surface area contributed by atoms with Gasteiger partial charge in [0.1, 0.15) is 0 Å². The minimum Gasteiger partial charge on any atom is -0.394 e. The standard InChI is InChI=1S/C14H22N4O4S/c19-6-5-18-13-3-1-2-12(11(13)8-15-18)17-14(20)16-10-4-7-23(21,22)9-10/h8,10,12,19H,1-7,9H2,(H2,16,17,20)/t10-,12+/m1/s1. The van der Waals surface area contributed by atoms with Crippen LogP contribution in [0.4, 0.5) is 4.79 Å². The number of amides is 2. The molecular formula is C14H22N4O4S. The topological polar surface area (TPSA) is 113 Å². The Morgan fingerprint density at radius 2 is 2.22 bits per heavy atom. The highest BCUT2D eigenvalue weighted by Crippen LogP contribution is 2.29. The van der Waals surface area contributed by atoms with E-state index >= 15 is 0 Å². The maximum absolute atomic E-state index is 12.1. The van der Waals surface area contributed by atoms with Crippen molar-refractivity contribution in [3.8, 4) is 0 Å². The van der Waals surface area contributed by atoms with E-state index in [0.717, 1.165) is 30.5 Å². The number of aromatic nitrogens is 2. The molecule has 128 valence electrons. The van der Waals surface area contributed by atoms with Crippen LogP contribution in [0.5, 0.6) is 0 Å². The SMILES string of the molecule is O=C(N[C@@H]1CCS(=O)(=O)C1)N[C@H]1CCCc2c1cnn2CCO. The van der Waals surface area contributed by atoms with Gasteiger partial charge in [0.25, 0.3) is 0 Å². The zero-order chi connectivity index (χ0) is 16.4. The molecule has 0 saturated carbocycles. The fraction of sp³-hybridized carbons (Fsp3) is 0.714. The van der Waals surface area contributed by atoms with Crippen molar-refractivity contribution in [2.45, 2.75) is 44.3 Å². The highest BCUT2D eigenvalue weighted by Gasteiger charge is 2.30. The first-order valence-electron chi connectivity index (χ1n) is 7.91. The van der Waals surface area contributed by atoms with E-state index in [9.17, 15) is 13.2 Å². The van der Waals surface area contributed by atoms with E-state index in [0.29, 0.717) is 13.0 Å². The lowest BCUT2D eigenvalue weighted by Crippen LogP contribution is -2.44. The molecule has 1 aliphatic carbocycles. The van der Waals surface area contributed by atoms with Crippen molar-refractivity contribution in [3.05, 3.63) is 17.5 Å². The monoisotopic (exact) mass is 342 g/mol. The van der Waals surface area contributed by atoms with Crippen LogP contribution in [0.3, 0.4) is 0 Å². The molecule has 9 heteroatoms. The molecule has 0 spiro atoms. The van der Waals surface area contributed by atoms with Crippen molar-refractivity contribution in [3.63, 3.8) is 0 Å². The van der Waals surface area contributed by atoms with E-state index in [1.165, 1.54) is 0 Å². The molecule has 2 aliphatic rings. The Bertz CT molecular complexity index is 685. The number of nitrogens with one attached hydrogen (secondary N) is 2. The largest absolute Gasteiger partial charge is 0.394 e. The van der Waals surface area contributed by atoms with Gasteiger partial charge in [0, 0.05) is 17.3 Å². The maximum atomic E-state index is 12.1. The fourth-order valence-electron chi connectivity index (χ4n) is 3.35. The molecule has 1 aromatic rings. The number of urea groups is 1. The second-order valence-corrected chi connectivity index (χ2v) is 8.38. The molecular weight excluding hydrogens is 320 g/mol. The third-order valence-corrected chi connectivity index (χ3v) is 6.22. The van der Waals surface area contributed by atoms with Crippen LogP contribution in [0.2, 0.25) is 0 Å². The van der Waals surface area contributed by atoms with Crippen LogP contribution in [-0.4, -0.2) is 53.5 Å². The van der Waals surface area contributed by atoms with E-state index in [-0.39, 0.29) is 36.2 Å². The van der Waals surface area contributed by atoms with E-state index in [1.807, 2.05) is 0 Å². The number of nitrogens with zero attached hydrogens (tertiary/aromatic N) is 2. The number of carbonyl (C=O) groups excluding carboxylic acids is 1. The van der Waals surface area contributed by atoms with Crippen LogP contribution in [0.15, 0.2) is 6.20 Å². The third-order valence-electron chi connectivity index (χ3n) is 4.45. The van der Waals surface area contributed by atoms with Gasteiger partial charge < -0.3 is 15.7 Å². The van der Waals surface area contributed by atoms with Gasteiger partial charge in [-0.2, -0.15) is 5.10 Å². The Morgan fingerprint density at radius 3 is 2.91 bits per heavy atom. The molecule has 8 nitrogen and oxygen atoms in total. The molecule has 23 heavy (non-hydrogen) atoms. The second-order valence-electron chi connectivity index (χ2n) is 6.16. The van der Waals surface area contributed by atoms with Gasteiger partial charge in [-0.15, -0.1) is 0 Å². The quantitative estimate of drug-likeness (QED) is 0.698. The molecule has 0 aromatic carbocycles. The highest BCUT2D eigenvalue weighted by molar-refractivity contribution is 7.91. The average Bonchev–Trinajstić information content (AvgIpc) is 3.04. The number of hydrogen-bond acceptors (Lipinski definition) is 5. The number of aliphatic hydroxyl groups excluding tert-OH is 1. The number of fused-ring (bicyclic) bond motifs is 1. The summed E-state index contributed by atoms with van der Waals surface area (Å²) in [5, 5.41) is 19.0. The van der Waals surface area contributed by atoms with Crippen LogP contribution in [0, 0.1) is 0 Å². The minimum atomic E-state index is -3.01. The molecule has 2 amide bonds. The summed E-state index contributed by atoms with van der Waals surface area (Å²) in [6, 6.07) is -0.760. The van der Waals surface area contributed by atoms with Crippen molar-refractivity contribution in [2.24, 2.45) is 0 Å². The number of hydrogen-bond donors (Lipinski definition) is 3. The first kappa shape index (κ1) is 16.3. The van der Waals surface area contributed by atoms with Crippen molar-refractivity contribution in [1.82, 2.24) is 20.4 Å². The zero-order valence-corrected chi connectivity index (χ0v) is 13.7. The van der Waals surface area contributed by atoms with Gasteiger partial charge in [-0.3, -0.25) is 4.68 Å². The molecule has 1 aliphatic heterocycles. The van der Waals surface area contributed by atoms with Crippen molar-refractivity contribution >= 4 is 15.9 Å². The number of rotatable bonds is 4. The lowest BCUT2D eigenvalue weighted by atomic mass is 9.93. The lowest BCUT2D eigenvalue weighted by molar-refractivity contribution is 0.232. The van der Waals surface area contributed by atoms with Gasteiger partial charge in [-0.05, 0) is 25.7 Å². The summed E-state index contributed by atoms with van der Waals surface area (Å²) in [5.41, 5.74) is 2.04. The van der Waals surface area contributed by atoms with Crippen LogP contribution < -0.4 is 10.6 Å². The maximum Gasteiger partial charge on any atom is 0.315 e. The lowest BCUT2D eigenvalue weighted by Gasteiger charge is -2.25. The Labute approximate surface area is 135 Å². The summed E-state index contributed by atoms with van der Waals surface area (Å²) < 4.78 is 24.7. The van der Waals surface area contributed by atoms with E-state index < -0.39 is 9.84 Å². The van der Waals surface area contributed by atoms with E-state index in [1.54, 1.807) is 10.9 Å². The van der Waals surface area contributed by atoms with Gasteiger partial charge >= 0.3 is 6.03 Å². The van der Waals surface area contributed by atoms with Crippen LogP contribution in [0.25, 0.3) is 0 Å². The number of aliphatic hydroxyl groups is 1. The summed E-state index contributed by atoms with van der Waals surface area (Å²) in [6.45, 7) is 0.483. The van der Waals surface area contributed by atoms with E-state index in [4.69, 9.17) is 5.11 Å². The second kappa shape index (κ2) is 6.48. The van der Waals surface area contributed by atoms with E-state index in [2.05, 4.69) is 15.7 Å². The fourth-order valence-corrected chi connectivity index (χ4v) is 5.02. The molecule has 3 rings (SSSR count). The first-order chi connectivity index (χ1) is 11.0. The van der Waals surface area contributed by atoms with Gasteiger partial charge in [-0.1, -0.05) is 0 Å². The number of sulfone groups is 1. The normalized spacial score (nSPS) is 25.8. The van der Waals surface area contributed by atoms with Gasteiger partial charge in [0.15, 0.2) is 9.84 Å². The summed E-state index contributed by atoms with van der Waals surface area (Å²) in [6.07, 6.45) is 4.87. The minimum absolute atomic E-state index is 0.0186. The molecule has 0 unspecified atom stereocenters. The van der Waals surface area contributed by atoms with Gasteiger partial charge in [-0.25, -0.2) is 13.2 Å². The summed E-state index contributed by atoms with van der Waals surface area (Å²) in [7, 11) is -3.01. The molecule has 2 atom stereocenters.